The highest BCUT2D eigenvalue weighted by Crippen LogP contribution is 2.30. The lowest BCUT2D eigenvalue weighted by molar-refractivity contribution is -0.385. The number of hydrogen-bond donors (Lipinski definition) is 1. The summed E-state index contributed by atoms with van der Waals surface area (Å²) in [6.45, 7) is 0.349. The first kappa shape index (κ1) is 14.5. The van der Waals surface area contributed by atoms with Crippen molar-refractivity contribution in [1.29, 1.82) is 0 Å². The van der Waals surface area contributed by atoms with Crippen molar-refractivity contribution in [3.63, 3.8) is 0 Å². The summed E-state index contributed by atoms with van der Waals surface area (Å²) in [4.78, 5) is 23.7. The molecule has 0 unspecified atom stereocenters. The van der Waals surface area contributed by atoms with E-state index in [1.54, 1.807) is 7.05 Å². The second-order valence-electron chi connectivity index (χ2n) is 4.58. The average Bonchev–Trinajstić information content (AvgIpc) is 2.47. The number of benzene rings is 2. The normalized spacial score (nSPS) is 10.1. The van der Waals surface area contributed by atoms with Crippen LogP contribution in [-0.4, -0.2) is 27.9 Å². The molecule has 0 saturated heterocycles. The Morgan fingerprint density at radius 3 is 2.48 bits per heavy atom. The molecule has 0 heterocycles. The van der Waals surface area contributed by atoms with E-state index in [2.05, 4.69) is 0 Å². The zero-order chi connectivity index (χ0) is 15.4. The van der Waals surface area contributed by atoms with Gasteiger partial charge < -0.3 is 10.0 Å². The molecule has 21 heavy (non-hydrogen) atoms. The van der Waals surface area contributed by atoms with Crippen molar-refractivity contribution in [2.75, 3.05) is 7.05 Å². The molecule has 108 valence electrons. The minimum Gasteiger partial charge on any atom is -0.502 e. The van der Waals surface area contributed by atoms with Gasteiger partial charge in [-0.15, -0.1) is 0 Å². The van der Waals surface area contributed by atoms with Crippen molar-refractivity contribution in [2.24, 2.45) is 0 Å². The SMILES string of the molecule is CN(Cc1ccccc1)C(=O)c1cccc([N+](=O)[O-])c1O. The Bertz CT molecular complexity index is 671. The van der Waals surface area contributed by atoms with Crippen LogP contribution in [-0.2, 0) is 6.54 Å². The summed E-state index contributed by atoms with van der Waals surface area (Å²) in [5.41, 5.74) is 0.370. The lowest BCUT2D eigenvalue weighted by atomic mass is 10.1. The third-order valence-electron chi connectivity index (χ3n) is 3.05. The van der Waals surface area contributed by atoms with Crippen LogP contribution in [0.15, 0.2) is 48.5 Å². The number of carbonyl (C=O) groups is 1. The molecule has 6 nitrogen and oxygen atoms in total. The van der Waals surface area contributed by atoms with Crippen LogP contribution in [0.1, 0.15) is 15.9 Å². The second-order valence-corrected chi connectivity index (χ2v) is 4.58. The maximum absolute atomic E-state index is 12.3. The Kier molecular flexibility index (Phi) is 4.18. The largest absolute Gasteiger partial charge is 0.502 e. The highest BCUT2D eigenvalue weighted by molar-refractivity contribution is 5.97. The fourth-order valence-electron chi connectivity index (χ4n) is 1.99. The molecule has 0 atom stereocenters. The van der Waals surface area contributed by atoms with Gasteiger partial charge in [0.15, 0.2) is 0 Å². The molecule has 0 bridgehead atoms. The van der Waals surface area contributed by atoms with E-state index < -0.39 is 22.3 Å². The fraction of sp³-hybridized carbons (Fsp3) is 0.133. The first-order valence-corrected chi connectivity index (χ1v) is 6.26. The van der Waals surface area contributed by atoms with Crippen LogP contribution in [0.25, 0.3) is 0 Å². The van der Waals surface area contributed by atoms with Crippen LogP contribution >= 0.6 is 0 Å². The highest BCUT2D eigenvalue weighted by Gasteiger charge is 2.23. The molecule has 0 fully saturated rings. The summed E-state index contributed by atoms with van der Waals surface area (Å²) in [6, 6.07) is 13.2. The Balaban J connectivity index is 2.24. The maximum Gasteiger partial charge on any atom is 0.311 e. The second kappa shape index (κ2) is 6.04. The molecule has 0 aromatic heterocycles. The molecule has 0 radical (unpaired) electrons. The van der Waals surface area contributed by atoms with Crippen LogP contribution in [0.5, 0.6) is 5.75 Å². The van der Waals surface area contributed by atoms with Gasteiger partial charge >= 0.3 is 5.69 Å². The number of amides is 1. The number of aromatic hydroxyl groups is 1. The summed E-state index contributed by atoms with van der Waals surface area (Å²) >= 11 is 0. The smallest absolute Gasteiger partial charge is 0.311 e. The molecular weight excluding hydrogens is 272 g/mol. The Labute approximate surface area is 121 Å². The standard InChI is InChI=1S/C15H14N2O4/c1-16(10-11-6-3-2-4-7-11)15(19)12-8-5-9-13(14(12)18)17(20)21/h2-9,18H,10H2,1H3. The third-order valence-corrected chi connectivity index (χ3v) is 3.05. The number of hydrogen-bond acceptors (Lipinski definition) is 4. The van der Waals surface area contributed by atoms with Crippen LogP contribution in [0, 0.1) is 10.1 Å². The average molecular weight is 286 g/mol. The van der Waals surface area contributed by atoms with Gasteiger partial charge in [0.1, 0.15) is 0 Å². The minimum absolute atomic E-state index is 0.0809. The van der Waals surface area contributed by atoms with Gasteiger partial charge in [0.2, 0.25) is 5.75 Å². The number of para-hydroxylation sites is 1. The van der Waals surface area contributed by atoms with Crippen molar-refractivity contribution >= 4 is 11.6 Å². The van der Waals surface area contributed by atoms with Crippen molar-refractivity contribution in [2.45, 2.75) is 6.54 Å². The Morgan fingerprint density at radius 2 is 1.86 bits per heavy atom. The molecule has 2 aromatic carbocycles. The van der Waals surface area contributed by atoms with Gasteiger partial charge in [-0.3, -0.25) is 14.9 Å². The van der Waals surface area contributed by atoms with E-state index in [1.807, 2.05) is 30.3 Å². The number of phenolic OH excluding ortho intramolecular Hbond substituents is 1. The van der Waals surface area contributed by atoms with Gasteiger partial charge in [0.05, 0.1) is 10.5 Å². The first-order chi connectivity index (χ1) is 10.0. The third kappa shape index (κ3) is 3.17. The summed E-state index contributed by atoms with van der Waals surface area (Å²) in [5.74, 6) is -1.08. The lowest BCUT2D eigenvalue weighted by Gasteiger charge is -2.17. The van der Waals surface area contributed by atoms with E-state index in [0.29, 0.717) is 6.54 Å². The van der Waals surface area contributed by atoms with E-state index in [1.165, 1.54) is 17.0 Å². The van der Waals surface area contributed by atoms with E-state index in [0.717, 1.165) is 11.6 Å². The van der Waals surface area contributed by atoms with Crippen LogP contribution in [0.4, 0.5) is 5.69 Å². The fourth-order valence-corrected chi connectivity index (χ4v) is 1.99. The van der Waals surface area contributed by atoms with Crippen LogP contribution in [0.3, 0.4) is 0 Å². The van der Waals surface area contributed by atoms with Crippen molar-refractivity contribution in [1.82, 2.24) is 4.90 Å². The van der Waals surface area contributed by atoms with Crippen molar-refractivity contribution in [3.8, 4) is 5.75 Å². The van der Waals surface area contributed by atoms with Gasteiger partial charge in [-0.1, -0.05) is 36.4 Å². The molecule has 0 spiro atoms. The summed E-state index contributed by atoms with van der Waals surface area (Å²) in [7, 11) is 1.58. The molecule has 0 aliphatic rings. The summed E-state index contributed by atoms with van der Waals surface area (Å²) in [5, 5.41) is 20.6. The van der Waals surface area contributed by atoms with Gasteiger partial charge in [-0.05, 0) is 11.6 Å². The monoisotopic (exact) mass is 286 g/mol. The Morgan fingerprint density at radius 1 is 1.19 bits per heavy atom. The summed E-state index contributed by atoms with van der Waals surface area (Å²) in [6.07, 6.45) is 0. The van der Waals surface area contributed by atoms with Crippen molar-refractivity contribution in [3.05, 3.63) is 69.8 Å². The molecule has 2 aromatic rings. The van der Waals surface area contributed by atoms with Gasteiger partial charge in [0.25, 0.3) is 5.91 Å². The van der Waals surface area contributed by atoms with E-state index in [4.69, 9.17) is 0 Å². The topological polar surface area (TPSA) is 83.7 Å². The number of nitro benzene ring substituents is 1. The predicted octanol–water partition coefficient (Wildman–Crippen LogP) is 2.57. The minimum atomic E-state index is -0.719. The quantitative estimate of drug-likeness (QED) is 0.691. The zero-order valence-electron chi connectivity index (χ0n) is 11.4. The number of phenols is 1. The molecule has 0 aliphatic carbocycles. The lowest BCUT2D eigenvalue weighted by Crippen LogP contribution is -2.26. The van der Waals surface area contributed by atoms with E-state index in [9.17, 15) is 20.0 Å². The number of nitrogens with zero attached hydrogens (tertiary/aromatic N) is 2. The van der Waals surface area contributed by atoms with E-state index >= 15 is 0 Å². The molecule has 1 N–H and O–H groups in total. The first-order valence-electron chi connectivity index (χ1n) is 6.26. The summed E-state index contributed by atoms with van der Waals surface area (Å²) < 4.78 is 0. The maximum atomic E-state index is 12.3. The number of carbonyl (C=O) groups excluding carboxylic acids is 1. The van der Waals surface area contributed by atoms with Gasteiger partial charge in [0, 0.05) is 19.7 Å². The Hall–Kier alpha value is -2.89. The molecule has 1 amide bonds. The highest BCUT2D eigenvalue weighted by atomic mass is 16.6. The molecule has 6 heteroatoms. The molecule has 0 aliphatic heterocycles. The predicted molar refractivity (Wildman–Crippen MR) is 77.0 cm³/mol. The van der Waals surface area contributed by atoms with Crippen molar-refractivity contribution < 1.29 is 14.8 Å². The molecule has 0 saturated carbocycles. The van der Waals surface area contributed by atoms with Gasteiger partial charge in [-0.2, -0.15) is 0 Å². The number of nitro groups is 1. The molecule has 2 rings (SSSR count). The molecular formula is C15H14N2O4. The van der Waals surface area contributed by atoms with E-state index in [-0.39, 0.29) is 5.56 Å². The number of rotatable bonds is 4. The van der Waals surface area contributed by atoms with Gasteiger partial charge in [-0.25, -0.2) is 0 Å². The zero-order valence-corrected chi connectivity index (χ0v) is 11.4. The van der Waals surface area contributed by atoms with Crippen LogP contribution in [0.2, 0.25) is 0 Å². The van der Waals surface area contributed by atoms with Crippen LogP contribution < -0.4 is 0 Å².